The molecular weight excluding hydrogens is 237 g/mol. The van der Waals surface area contributed by atoms with Crippen molar-refractivity contribution in [3.63, 3.8) is 0 Å². The van der Waals surface area contributed by atoms with Crippen LogP contribution in [0.4, 0.5) is 4.39 Å². The summed E-state index contributed by atoms with van der Waals surface area (Å²) in [5, 5.41) is 9.37. The van der Waals surface area contributed by atoms with Crippen LogP contribution in [0, 0.1) is 5.82 Å². The highest BCUT2D eigenvalue weighted by molar-refractivity contribution is 9.10. The van der Waals surface area contributed by atoms with Gasteiger partial charge in [0, 0.05) is 10.0 Å². The summed E-state index contributed by atoms with van der Waals surface area (Å²) >= 11 is 3.15. The van der Waals surface area contributed by atoms with Gasteiger partial charge in [0.2, 0.25) is 0 Å². The van der Waals surface area contributed by atoms with Gasteiger partial charge in [0.1, 0.15) is 0 Å². The highest BCUT2D eigenvalue weighted by Crippen LogP contribution is 2.30. The normalized spacial score (nSPS) is 12.9. The zero-order valence-corrected chi connectivity index (χ0v) is 8.81. The summed E-state index contributed by atoms with van der Waals surface area (Å²) in [5.41, 5.74) is 5.96. The fourth-order valence-electron chi connectivity index (χ4n) is 1.09. The maximum absolute atomic E-state index is 13.0. The fraction of sp³-hybridized carbons (Fsp3) is 0.333. The van der Waals surface area contributed by atoms with Gasteiger partial charge in [0.25, 0.3) is 0 Å². The molecule has 3 N–H and O–H groups in total. The monoisotopic (exact) mass is 247 g/mol. The Bertz CT molecular complexity index is 317. The van der Waals surface area contributed by atoms with Crippen molar-refractivity contribution in [3.8, 4) is 5.75 Å². The van der Waals surface area contributed by atoms with E-state index in [2.05, 4.69) is 15.9 Å². The standard InChI is InChI=1S/C9H11BrFNO/c1-5(4-12)7-2-6(10)3-8(11)9(7)13/h2-3,5,13H,4,12H2,1H3. The minimum Gasteiger partial charge on any atom is -0.505 e. The first-order valence-electron chi connectivity index (χ1n) is 3.94. The predicted octanol–water partition coefficient (Wildman–Crippen LogP) is 2.36. The lowest BCUT2D eigenvalue weighted by Gasteiger charge is -2.11. The molecule has 0 aliphatic rings. The summed E-state index contributed by atoms with van der Waals surface area (Å²) < 4.78 is 13.6. The molecule has 0 saturated carbocycles. The molecule has 0 aliphatic carbocycles. The molecule has 0 heterocycles. The number of aromatic hydroxyl groups is 1. The number of hydrogen-bond donors (Lipinski definition) is 2. The highest BCUT2D eigenvalue weighted by Gasteiger charge is 2.13. The van der Waals surface area contributed by atoms with Gasteiger partial charge in [0.05, 0.1) is 0 Å². The number of phenolic OH excluding ortho intramolecular Hbond substituents is 1. The van der Waals surface area contributed by atoms with Crippen LogP contribution in [-0.4, -0.2) is 11.7 Å². The summed E-state index contributed by atoms with van der Waals surface area (Å²) in [7, 11) is 0. The zero-order chi connectivity index (χ0) is 10.0. The van der Waals surface area contributed by atoms with E-state index in [1.54, 1.807) is 6.07 Å². The smallest absolute Gasteiger partial charge is 0.166 e. The Kier molecular flexibility index (Phi) is 3.27. The van der Waals surface area contributed by atoms with E-state index in [1.165, 1.54) is 6.07 Å². The third-order valence-corrected chi connectivity index (χ3v) is 2.40. The first kappa shape index (κ1) is 10.5. The van der Waals surface area contributed by atoms with Gasteiger partial charge in [-0.25, -0.2) is 4.39 Å². The van der Waals surface area contributed by atoms with E-state index < -0.39 is 5.82 Å². The number of rotatable bonds is 2. The molecule has 0 saturated heterocycles. The summed E-state index contributed by atoms with van der Waals surface area (Å²) in [5.74, 6) is -0.974. The lowest BCUT2D eigenvalue weighted by Crippen LogP contribution is -2.09. The lowest BCUT2D eigenvalue weighted by atomic mass is 10.0. The van der Waals surface area contributed by atoms with Crippen molar-refractivity contribution in [2.45, 2.75) is 12.8 Å². The number of hydrogen-bond acceptors (Lipinski definition) is 2. The third kappa shape index (κ3) is 2.19. The van der Waals surface area contributed by atoms with Gasteiger partial charge in [-0.15, -0.1) is 0 Å². The number of phenols is 1. The molecule has 1 aromatic rings. The van der Waals surface area contributed by atoms with Crippen LogP contribution in [0.25, 0.3) is 0 Å². The molecule has 13 heavy (non-hydrogen) atoms. The highest BCUT2D eigenvalue weighted by atomic mass is 79.9. The summed E-state index contributed by atoms with van der Waals surface area (Å²) in [6, 6.07) is 2.90. The Balaban J connectivity index is 3.20. The summed E-state index contributed by atoms with van der Waals surface area (Å²) in [6.45, 7) is 2.21. The van der Waals surface area contributed by atoms with Crippen LogP contribution in [0.15, 0.2) is 16.6 Å². The second kappa shape index (κ2) is 4.07. The summed E-state index contributed by atoms with van der Waals surface area (Å²) in [6.07, 6.45) is 0. The van der Waals surface area contributed by atoms with E-state index in [9.17, 15) is 9.50 Å². The molecule has 2 nitrogen and oxygen atoms in total. The van der Waals surface area contributed by atoms with Crippen LogP contribution in [0.3, 0.4) is 0 Å². The van der Waals surface area contributed by atoms with Gasteiger partial charge < -0.3 is 10.8 Å². The van der Waals surface area contributed by atoms with Crippen LogP contribution in [0.1, 0.15) is 18.4 Å². The second-order valence-electron chi connectivity index (χ2n) is 2.96. The van der Waals surface area contributed by atoms with Crippen LogP contribution in [0.5, 0.6) is 5.75 Å². The molecule has 0 amide bonds. The zero-order valence-electron chi connectivity index (χ0n) is 7.22. The van der Waals surface area contributed by atoms with Crippen molar-refractivity contribution in [2.75, 3.05) is 6.54 Å². The molecule has 0 aromatic heterocycles. The quantitative estimate of drug-likeness (QED) is 0.843. The first-order chi connectivity index (χ1) is 6.06. The average molecular weight is 248 g/mol. The summed E-state index contributed by atoms with van der Waals surface area (Å²) in [4.78, 5) is 0. The van der Waals surface area contributed by atoms with Crippen LogP contribution in [-0.2, 0) is 0 Å². The molecule has 1 atom stereocenters. The Morgan fingerprint density at radius 3 is 2.77 bits per heavy atom. The molecule has 4 heteroatoms. The van der Waals surface area contributed by atoms with E-state index in [0.29, 0.717) is 16.6 Å². The Hall–Kier alpha value is -0.610. The van der Waals surface area contributed by atoms with E-state index in [4.69, 9.17) is 5.73 Å². The van der Waals surface area contributed by atoms with E-state index in [0.717, 1.165) is 0 Å². The van der Waals surface area contributed by atoms with Gasteiger partial charge in [0.15, 0.2) is 11.6 Å². The average Bonchev–Trinajstić information content (AvgIpc) is 2.10. The topological polar surface area (TPSA) is 46.2 Å². The van der Waals surface area contributed by atoms with Gasteiger partial charge in [-0.1, -0.05) is 22.9 Å². The molecule has 1 unspecified atom stereocenters. The van der Waals surface area contributed by atoms with Gasteiger partial charge in [-0.05, 0) is 24.6 Å². The van der Waals surface area contributed by atoms with Crippen molar-refractivity contribution >= 4 is 15.9 Å². The third-order valence-electron chi connectivity index (χ3n) is 1.94. The number of halogens is 2. The largest absolute Gasteiger partial charge is 0.505 e. The van der Waals surface area contributed by atoms with E-state index >= 15 is 0 Å². The molecule has 0 radical (unpaired) electrons. The lowest BCUT2D eigenvalue weighted by molar-refractivity contribution is 0.421. The molecule has 0 spiro atoms. The molecular formula is C9H11BrFNO. The Labute approximate surface area is 84.7 Å². The minimum atomic E-state index is -0.621. The Morgan fingerprint density at radius 2 is 2.23 bits per heavy atom. The van der Waals surface area contributed by atoms with Crippen molar-refractivity contribution in [3.05, 3.63) is 28.0 Å². The minimum absolute atomic E-state index is 0.0491. The Morgan fingerprint density at radius 1 is 1.62 bits per heavy atom. The van der Waals surface area contributed by atoms with Crippen LogP contribution in [0.2, 0.25) is 0 Å². The van der Waals surface area contributed by atoms with Crippen molar-refractivity contribution in [1.82, 2.24) is 0 Å². The molecule has 1 aromatic carbocycles. The van der Waals surface area contributed by atoms with Crippen molar-refractivity contribution in [1.29, 1.82) is 0 Å². The van der Waals surface area contributed by atoms with Gasteiger partial charge >= 0.3 is 0 Å². The fourth-order valence-corrected chi connectivity index (χ4v) is 1.54. The number of nitrogens with two attached hydrogens (primary N) is 1. The molecule has 0 fully saturated rings. The first-order valence-corrected chi connectivity index (χ1v) is 4.73. The maximum Gasteiger partial charge on any atom is 0.166 e. The molecule has 0 bridgehead atoms. The molecule has 72 valence electrons. The van der Waals surface area contributed by atoms with Gasteiger partial charge in [-0.3, -0.25) is 0 Å². The van der Waals surface area contributed by atoms with Crippen LogP contribution < -0.4 is 5.73 Å². The SMILES string of the molecule is CC(CN)c1cc(Br)cc(F)c1O. The molecule has 1 rings (SSSR count). The van der Waals surface area contributed by atoms with Gasteiger partial charge in [-0.2, -0.15) is 0 Å². The van der Waals surface area contributed by atoms with Crippen LogP contribution >= 0.6 is 15.9 Å². The van der Waals surface area contributed by atoms with Crippen molar-refractivity contribution < 1.29 is 9.50 Å². The van der Waals surface area contributed by atoms with E-state index in [1.807, 2.05) is 6.92 Å². The number of benzene rings is 1. The predicted molar refractivity (Wildman–Crippen MR) is 53.2 cm³/mol. The molecule has 0 aliphatic heterocycles. The maximum atomic E-state index is 13.0. The van der Waals surface area contributed by atoms with E-state index in [-0.39, 0.29) is 11.7 Å². The van der Waals surface area contributed by atoms with Crippen molar-refractivity contribution in [2.24, 2.45) is 5.73 Å². The second-order valence-corrected chi connectivity index (χ2v) is 3.88.